The van der Waals surface area contributed by atoms with E-state index in [2.05, 4.69) is 32.2 Å². The third kappa shape index (κ3) is 3.92. The van der Waals surface area contributed by atoms with E-state index in [1.807, 2.05) is 13.8 Å². The van der Waals surface area contributed by atoms with Crippen LogP contribution in [0.4, 0.5) is 0 Å². The largest absolute Gasteiger partial charge is 0.323 e. The molecule has 1 aromatic rings. The fourth-order valence-corrected chi connectivity index (χ4v) is 2.03. The van der Waals surface area contributed by atoms with E-state index in [4.69, 9.17) is 5.73 Å². The van der Waals surface area contributed by atoms with Gasteiger partial charge in [-0.15, -0.1) is 11.3 Å². The number of nitrogens with two attached hydrogens (primary N) is 1. The highest BCUT2D eigenvalue weighted by Gasteiger charge is 2.11. The molecule has 13 heavy (non-hydrogen) atoms. The highest BCUT2D eigenvalue weighted by atomic mass is 32.1. The Morgan fingerprint density at radius 1 is 1.31 bits per heavy atom. The number of thiophene rings is 1. The predicted molar refractivity (Wildman–Crippen MR) is 62.2 cm³/mol. The molecule has 0 saturated carbocycles. The van der Waals surface area contributed by atoms with E-state index < -0.39 is 0 Å². The zero-order chi connectivity index (χ0) is 10.4. The lowest BCUT2D eigenvalue weighted by Crippen LogP contribution is -2.14. The summed E-state index contributed by atoms with van der Waals surface area (Å²) in [7, 11) is 0. The van der Waals surface area contributed by atoms with Crippen LogP contribution in [-0.2, 0) is 0 Å². The Labute approximate surface area is 86.0 Å². The minimum Gasteiger partial charge on any atom is -0.323 e. The van der Waals surface area contributed by atoms with Gasteiger partial charge in [0.15, 0.2) is 0 Å². The molecule has 0 amide bonds. The van der Waals surface area contributed by atoms with Crippen LogP contribution in [0.25, 0.3) is 0 Å². The Morgan fingerprint density at radius 3 is 2.15 bits per heavy atom. The first-order valence-corrected chi connectivity index (χ1v) is 5.80. The van der Waals surface area contributed by atoms with Crippen LogP contribution in [-0.4, -0.2) is 0 Å². The van der Waals surface area contributed by atoms with Crippen LogP contribution in [0.2, 0.25) is 0 Å². The average molecular weight is 199 g/mol. The van der Waals surface area contributed by atoms with Crippen LogP contribution in [0.1, 0.15) is 44.2 Å². The molecule has 0 bridgehead atoms. The van der Waals surface area contributed by atoms with Gasteiger partial charge < -0.3 is 5.73 Å². The van der Waals surface area contributed by atoms with Crippen molar-refractivity contribution in [2.45, 2.75) is 40.7 Å². The van der Waals surface area contributed by atoms with Crippen molar-refractivity contribution >= 4 is 11.3 Å². The van der Waals surface area contributed by atoms with Gasteiger partial charge in [0.2, 0.25) is 0 Å². The number of hydrogen-bond acceptors (Lipinski definition) is 2. The quantitative estimate of drug-likeness (QED) is 0.771. The van der Waals surface area contributed by atoms with Gasteiger partial charge in [0.1, 0.15) is 0 Å². The van der Waals surface area contributed by atoms with Crippen LogP contribution < -0.4 is 5.73 Å². The molecule has 1 heterocycles. The van der Waals surface area contributed by atoms with Crippen molar-refractivity contribution in [2.24, 2.45) is 11.7 Å². The summed E-state index contributed by atoms with van der Waals surface area (Å²) in [5, 5.41) is 2.15. The lowest BCUT2D eigenvalue weighted by molar-refractivity contribution is 0.521. The first-order chi connectivity index (χ1) is 6.11. The lowest BCUT2D eigenvalue weighted by Gasteiger charge is -2.12. The van der Waals surface area contributed by atoms with Crippen molar-refractivity contribution in [1.82, 2.24) is 0 Å². The van der Waals surface area contributed by atoms with E-state index in [1.54, 1.807) is 11.3 Å². The van der Waals surface area contributed by atoms with E-state index in [0.29, 0.717) is 5.92 Å². The van der Waals surface area contributed by atoms with Crippen LogP contribution in [0.3, 0.4) is 0 Å². The molecule has 1 rings (SSSR count). The molecule has 0 fully saturated rings. The Hall–Kier alpha value is -0.340. The van der Waals surface area contributed by atoms with Crippen LogP contribution in [0.5, 0.6) is 0 Å². The molecule has 1 nitrogen and oxygen atoms in total. The summed E-state index contributed by atoms with van der Waals surface area (Å²) in [6.07, 6.45) is 0. The molecular weight excluding hydrogens is 178 g/mol. The van der Waals surface area contributed by atoms with Crippen molar-refractivity contribution in [1.29, 1.82) is 0 Å². The number of hydrogen-bond donors (Lipinski definition) is 1. The average Bonchev–Trinajstić information content (AvgIpc) is 2.54. The molecule has 1 unspecified atom stereocenters. The van der Waals surface area contributed by atoms with Gasteiger partial charge in [-0.1, -0.05) is 27.7 Å². The fourth-order valence-electron chi connectivity index (χ4n) is 0.957. The van der Waals surface area contributed by atoms with Gasteiger partial charge in [0.25, 0.3) is 0 Å². The monoisotopic (exact) mass is 199 g/mol. The van der Waals surface area contributed by atoms with E-state index in [9.17, 15) is 0 Å². The maximum absolute atomic E-state index is 5.96. The van der Waals surface area contributed by atoms with Crippen molar-refractivity contribution in [3.8, 4) is 0 Å². The zero-order valence-corrected chi connectivity index (χ0v) is 10.1. The van der Waals surface area contributed by atoms with E-state index in [1.165, 1.54) is 10.4 Å². The Bertz CT molecular complexity index is 228. The van der Waals surface area contributed by atoms with Crippen molar-refractivity contribution in [3.63, 3.8) is 0 Å². The van der Waals surface area contributed by atoms with E-state index in [-0.39, 0.29) is 6.04 Å². The molecule has 0 spiro atoms. The first kappa shape index (κ1) is 12.7. The maximum Gasteiger partial charge on any atom is 0.0413 e. The minimum absolute atomic E-state index is 0.216. The third-order valence-corrected chi connectivity index (χ3v) is 2.95. The second-order valence-corrected chi connectivity index (χ2v) is 4.24. The van der Waals surface area contributed by atoms with Crippen molar-refractivity contribution < 1.29 is 0 Å². The molecule has 2 N–H and O–H groups in total. The van der Waals surface area contributed by atoms with Gasteiger partial charge >= 0.3 is 0 Å². The normalized spacial score (nSPS) is 12.2. The summed E-state index contributed by atoms with van der Waals surface area (Å²) in [5.74, 6) is 0.535. The van der Waals surface area contributed by atoms with E-state index in [0.717, 1.165) is 0 Å². The number of rotatable bonds is 2. The van der Waals surface area contributed by atoms with Crippen LogP contribution in [0.15, 0.2) is 11.4 Å². The molecule has 0 aliphatic carbocycles. The number of aryl methyl sites for hydroxylation is 1. The molecule has 1 atom stereocenters. The van der Waals surface area contributed by atoms with Gasteiger partial charge in [-0.05, 0) is 29.9 Å². The van der Waals surface area contributed by atoms with E-state index >= 15 is 0 Å². The molecule has 0 aliphatic heterocycles. The Kier molecular flexibility index (Phi) is 6.00. The fraction of sp³-hybridized carbons (Fsp3) is 0.636. The van der Waals surface area contributed by atoms with Crippen LogP contribution >= 0.6 is 11.3 Å². The third-order valence-electron chi connectivity index (χ3n) is 1.80. The zero-order valence-electron chi connectivity index (χ0n) is 9.29. The molecule has 0 radical (unpaired) electrons. The molecule has 0 saturated heterocycles. The highest BCUT2D eigenvalue weighted by Crippen LogP contribution is 2.24. The standard InChI is InChI=1S/C9H15NS.C2H6/c1-6(2)9(10)8-4-7(3)5-11-8;1-2/h4-6,9H,10H2,1-3H3;1-2H3. The summed E-state index contributed by atoms with van der Waals surface area (Å²) < 4.78 is 0. The highest BCUT2D eigenvalue weighted by molar-refractivity contribution is 7.10. The summed E-state index contributed by atoms with van der Waals surface area (Å²) in [4.78, 5) is 1.30. The maximum atomic E-state index is 5.96. The second kappa shape index (κ2) is 6.17. The minimum atomic E-state index is 0.216. The second-order valence-electron chi connectivity index (χ2n) is 3.30. The van der Waals surface area contributed by atoms with Crippen LogP contribution in [0, 0.1) is 12.8 Å². The van der Waals surface area contributed by atoms with Gasteiger partial charge in [0, 0.05) is 10.9 Å². The molecule has 0 aliphatic rings. The topological polar surface area (TPSA) is 26.0 Å². The first-order valence-electron chi connectivity index (χ1n) is 4.92. The molecular formula is C11H21NS. The van der Waals surface area contributed by atoms with Crippen molar-refractivity contribution in [2.75, 3.05) is 0 Å². The lowest BCUT2D eigenvalue weighted by atomic mass is 10.0. The van der Waals surface area contributed by atoms with Gasteiger partial charge in [-0.2, -0.15) is 0 Å². The van der Waals surface area contributed by atoms with Gasteiger partial charge in [0.05, 0.1) is 0 Å². The Balaban J connectivity index is 0.000000671. The molecule has 76 valence electrons. The summed E-state index contributed by atoms with van der Waals surface area (Å²) in [6.45, 7) is 10.4. The Morgan fingerprint density at radius 2 is 1.85 bits per heavy atom. The predicted octanol–water partition coefficient (Wildman–Crippen LogP) is 3.74. The summed E-state index contributed by atoms with van der Waals surface area (Å²) in [6, 6.07) is 2.39. The molecule has 1 aromatic heterocycles. The van der Waals surface area contributed by atoms with Crippen molar-refractivity contribution in [3.05, 3.63) is 21.9 Å². The summed E-state index contributed by atoms with van der Waals surface area (Å²) >= 11 is 1.76. The SMILES string of the molecule is CC.Cc1csc(C(N)C(C)C)c1. The molecule has 0 aromatic carbocycles. The van der Waals surface area contributed by atoms with Gasteiger partial charge in [-0.25, -0.2) is 0 Å². The smallest absolute Gasteiger partial charge is 0.0413 e. The molecule has 2 heteroatoms. The summed E-state index contributed by atoms with van der Waals surface area (Å²) in [5.41, 5.74) is 7.28. The van der Waals surface area contributed by atoms with Gasteiger partial charge in [-0.3, -0.25) is 0 Å².